The SMILES string of the molecule is N#CC1CN(C(=O)c2c[nH]c3ccc(N)cc23)CCO1. The molecule has 6 heteroatoms. The van der Waals surface area contributed by atoms with E-state index in [2.05, 4.69) is 4.98 Å². The minimum atomic E-state index is -0.553. The molecule has 0 radical (unpaired) electrons. The van der Waals surface area contributed by atoms with Gasteiger partial charge in [-0.05, 0) is 18.2 Å². The number of carbonyl (C=O) groups is 1. The van der Waals surface area contributed by atoms with Gasteiger partial charge in [-0.15, -0.1) is 0 Å². The zero-order valence-electron chi connectivity index (χ0n) is 10.8. The molecule has 0 saturated carbocycles. The number of ether oxygens (including phenoxy) is 1. The van der Waals surface area contributed by atoms with Gasteiger partial charge in [0.05, 0.1) is 24.8 Å². The van der Waals surface area contributed by atoms with Crippen molar-refractivity contribution in [2.24, 2.45) is 0 Å². The van der Waals surface area contributed by atoms with Crippen LogP contribution in [0.5, 0.6) is 0 Å². The molecule has 0 aliphatic carbocycles. The normalized spacial score (nSPS) is 18.9. The van der Waals surface area contributed by atoms with Crippen LogP contribution in [0.15, 0.2) is 24.4 Å². The molecule has 102 valence electrons. The number of H-pyrrole nitrogens is 1. The first-order chi connectivity index (χ1) is 9.69. The summed E-state index contributed by atoms with van der Waals surface area (Å²) in [5.74, 6) is -0.106. The van der Waals surface area contributed by atoms with Gasteiger partial charge in [-0.2, -0.15) is 5.26 Å². The van der Waals surface area contributed by atoms with E-state index in [9.17, 15) is 4.79 Å². The summed E-state index contributed by atoms with van der Waals surface area (Å²) >= 11 is 0. The number of nitrogens with one attached hydrogen (secondary N) is 1. The summed E-state index contributed by atoms with van der Waals surface area (Å²) in [5, 5.41) is 9.69. The summed E-state index contributed by atoms with van der Waals surface area (Å²) in [4.78, 5) is 17.3. The van der Waals surface area contributed by atoms with Crippen LogP contribution in [0.3, 0.4) is 0 Å². The summed E-state index contributed by atoms with van der Waals surface area (Å²) in [6.07, 6.45) is 1.13. The summed E-state index contributed by atoms with van der Waals surface area (Å²) in [7, 11) is 0. The van der Waals surface area contributed by atoms with Gasteiger partial charge in [-0.1, -0.05) is 0 Å². The quantitative estimate of drug-likeness (QED) is 0.759. The Labute approximate surface area is 115 Å². The Kier molecular flexibility index (Phi) is 3.05. The van der Waals surface area contributed by atoms with E-state index in [1.54, 1.807) is 23.2 Å². The molecule has 0 spiro atoms. The molecule has 2 aromatic rings. The van der Waals surface area contributed by atoms with Crippen molar-refractivity contribution in [3.63, 3.8) is 0 Å². The molecule has 1 aromatic carbocycles. The smallest absolute Gasteiger partial charge is 0.256 e. The van der Waals surface area contributed by atoms with E-state index in [1.807, 2.05) is 12.1 Å². The fourth-order valence-electron chi connectivity index (χ4n) is 2.40. The second-order valence-electron chi connectivity index (χ2n) is 4.75. The van der Waals surface area contributed by atoms with Crippen molar-refractivity contribution in [3.8, 4) is 6.07 Å². The molecule has 1 unspecified atom stereocenters. The van der Waals surface area contributed by atoms with Gasteiger partial charge in [0, 0.05) is 29.3 Å². The predicted molar refractivity (Wildman–Crippen MR) is 74.0 cm³/mol. The highest BCUT2D eigenvalue weighted by atomic mass is 16.5. The minimum Gasteiger partial charge on any atom is -0.399 e. The average Bonchev–Trinajstić information content (AvgIpc) is 2.89. The number of morpholine rings is 1. The third kappa shape index (κ3) is 2.08. The molecule has 20 heavy (non-hydrogen) atoms. The van der Waals surface area contributed by atoms with Crippen LogP contribution in [0.1, 0.15) is 10.4 Å². The van der Waals surface area contributed by atoms with Crippen molar-refractivity contribution in [3.05, 3.63) is 30.0 Å². The van der Waals surface area contributed by atoms with Gasteiger partial charge in [0.15, 0.2) is 6.10 Å². The Balaban J connectivity index is 1.92. The molecule has 3 N–H and O–H groups in total. The van der Waals surface area contributed by atoms with Gasteiger partial charge < -0.3 is 20.4 Å². The van der Waals surface area contributed by atoms with Gasteiger partial charge >= 0.3 is 0 Å². The molecule has 1 aromatic heterocycles. The summed E-state index contributed by atoms with van der Waals surface area (Å²) in [5.41, 5.74) is 7.83. The van der Waals surface area contributed by atoms with E-state index in [4.69, 9.17) is 15.7 Å². The number of nitriles is 1. The van der Waals surface area contributed by atoms with Crippen molar-refractivity contribution >= 4 is 22.5 Å². The third-order valence-corrected chi connectivity index (χ3v) is 3.43. The molecule has 1 saturated heterocycles. The number of fused-ring (bicyclic) bond motifs is 1. The molecule has 0 bridgehead atoms. The molecular weight excluding hydrogens is 256 g/mol. The Morgan fingerprint density at radius 1 is 1.55 bits per heavy atom. The van der Waals surface area contributed by atoms with Gasteiger partial charge in [-0.25, -0.2) is 0 Å². The van der Waals surface area contributed by atoms with Crippen LogP contribution in [0.25, 0.3) is 10.9 Å². The average molecular weight is 270 g/mol. The number of carbonyl (C=O) groups excluding carboxylic acids is 1. The maximum atomic E-state index is 12.5. The number of benzene rings is 1. The lowest BCUT2D eigenvalue weighted by molar-refractivity contribution is 0.00356. The zero-order valence-corrected chi connectivity index (χ0v) is 10.8. The largest absolute Gasteiger partial charge is 0.399 e. The van der Waals surface area contributed by atoms with Crippen molar-refractivity contribution in [1.29, 1.82) is 5.26 Å². The van der Waals surface area contributed by atoms with Gasteiger partial charge in [-0.3, -0.25) is 4.79 Å². The van der Waals surface area contributed by atoms with Crippen LogP contribution in [-0.4, -0.2) is 41.6 Å². The van der Waals surface area contributed by atoms with Gasteiger partial charge in [0.2, 0.25) is 0 Å². The molecule has 3 rings (SSSR count). The molecule has 1 amide bonds. The number of aromatic nitrogens is 1. The molecule has 1 atom stereocenters. The molecule has 1 fully saturated rings. The standard InChI is InChI=1S/C14H14N4O2/c15-6-10-8-18(3-4-20-10)14(19)12-7-17-13-2-1-9(16)5-11(12)13/h1-2,5,7,10,17H,3-4,8,16H2. The minimum absolute atomic E-state index is 0.106. The van der Waals surface area contributed by atoms with Crippen LogP contribution >= 0.6 is 0 Å². The second-order valence-corrected chi connectivity index (χ2v) is 4.75. The fraction of sp³-hybridized carbons (Fsp3) is 0.286. The topological polar surface area (TPSA) is 95.1 Å². The van der Waals surface area contributed by atoms with E-state index in [0.29, 0.717) is 30.9 Å². The Morgan fingerprint density at radius 2 is 2.40 bits per heavy atom. The number of aromatic amines is 1. The highest BCUT2D eigenvalue weighted by Crippen LogP contribution is 2.23. The molecule has 6 nitrogen and oxygen atoms in total. The first-order valence-corrected chi connectivity index (χ1v) is 6.36. The van der Waals surface area contributed by atoms with Crippen LogP contribution in [0.4, 0.5) is 5.69 Å². The zero-order chi connectivity index (χ0) is 14.1. The highest BCUT2D eigenvalue weighted by Gasteiger charge is 2.26. The number of amides is 1. The van der Waals surface area contributed by atoms with E-state index in [-0.39, 0.29) is 5.91 Å². The van der Waals surface area contributed by atoms with E-state index in [0.717, 1.165) is 10.9 Å². The second kappa shape index (κ2) is 4.87. The van der Waals surface area contributed by atoms with Crippen molar-refractivity contribution in [2.75, 3.05) is 25.4 Å². The maximum absolute atomic E-state index is 12.5. The lowest BCUT2D eigenvalue weighted by atomic mass is 10.1. The van der Waals surface area contributed by atoms with E-state index >= 15 is 0 Å². The molecule has 1 aliphatic heterocycles. The third-order valence-electron chi connectivity index (χ3n) is 3.43. The fourth-order valence-corrected chi connectivity index (χ4v) is 2.40. The summed E-state index contributed by atoms with van der Waals surface area (Å²) in [6, 6.07) is 7.45. The van der Waals surface area contributed by atoms with Crippen molar-refractivity contribution in [1.82, 2.24) is 9.88 Å². The number of hydrogen-bond donors (Lipinski definition) is 2. The lowest BCUT2D eigenvalue weighted by Gasteiger charge is -2.29. The van der Waals surface area contributed by atoms with Crippen molar-refractivity contribution < 1.29 is 9.53 Å². The Morgan fingerprint density at radius 3 is 3.20 bits per heavy atom. The van der Waals surface area contributed by atoms with Crippen molar-refractivity contribution in [2.45, 2.75) is 6.10 Å². The first-order valence-electron chi connectivity index (χ1n) is 6.36. The highest BCUT2D eigenvalue weighted by molar-refractivity contribution is 6.07. The molecule has 1 aliphatic rings. The lowest BCUT2D eigenvalue weighted by Crippen LogP contribution is -2.45. The van der Waals surface area contributed by atoms with Crippen LogP contribution in [0.2, 0.25) is 0 Å². The summed E-state index contributed by atoms with van der Waals surface area (Å²) < 4.78 is 5.25. The van der Waals surface area contributed by atoms with Gasteiger partial charge in [0.1, 0.15) is 0 Å². The Bertz CT molecular complexity index is 701. The number of anilines is 1. The number of rotatable bonds is 1. The number of nitrogens with zero attached hydrogens (tertiary/aromatic N) is 2. The van der Waals surface area contributed by atoms with Crippen LogP contribution < -0.4 is 5.73 Å². The maximum Gasteiger partial charge on any atom is 0.256 e. The predicted octanol–water partition coefficient (Wildman–Crippen LogP) is 1.11. The summed E-state index contributed by atoms with van der Waals surface area (Å²) in [6.45, 7) is 1.17. The van der Waals surface area contributed by atoms with E-state index < -0.39 is 6.10 Å². The number of nitrogens with two attached hydrogens (primary N) is 1. The number of hydrogen-bond acceptors (Lipinski definition) is 4. The van der Waals surface area contributed by atoms with Crippen LogP contribution in [-0.2, 0) is 4.74 Å². The molecular formula is C14H14N4O2. The molecule has 2 heterocycles. The van der Waals surface area contributed by atoms with Crippen LogP contribution in [0, 0.1) is 11.3 Å². The van der Waals surface area contributed by atoms with Gasteiger partial charge in [0.25, 0.3) is 5.91 Å². The first kappa shape index (κ1) is 12.5. The number of nitrogen functional groups attached to an aromatic ring is 1. The Hall–Kier alpha value is -2.52. The monoisotopic (exact) mass is 270 g/mol. The van der Waals surface area contributed by atoms with E-state index in [1.165, 1.54) is 0 Å².